The zero-order valence-electron chi connectivity index (χ0n) is 10.4. The minimum Gasteiger partial charge on any atom is -0.310 e. The van der Waals surface area contributed by atoms with Crippen LogP contribution in [0.3, 0.4) is 0 Å². The van der Waals surface area contributed by atoms with Crippen LogP contribution in [0, 0.1) is 12.8 Å². The van der Waals surface area contributed by atoms with E-state index in [0.717, 1.165) is 6.54 Å². The van der Waals surface area contributed by atoms with E-state index in [4.69, 9.17) is 0 Å². The number of nitrogens with one attached hydrogen (secondary N) is 1. The van der Waals surface area contributed by atoms with Gasteiger partial charge in [-0.15, -0.1) is 0 Å². The molecular weight excluding hydrogens is 182 g/mol. The largest absolute Gasteiger partial charge is 0.310 e. The lowest BCUT2D eigenvalue weighted by Crippen LogP contribution is -2.26. The summed E-state index contributed by atoms with van der Waals surface area (Å²) in [6.07, 6.45) is 1.21. The summed E-state index contributed by atoms with van der Waals surface area (Å²) in [5.74, 6) is 0.688. The van der Waals surface area contributed by atoms with Crippen molar-refractivity contribution in [2.75, 3.05) is 6.54 Å². The van der Waals surface area contributed by atoms with Crippen molar-refractivity contribution in [3.05, 3.63) is 35.4 Å². The van der Waals surface area contributed by atoms with Crippen molar-refractivity contribution in [2.24, 2.45) is 5.92 Å². The topological polar surface area (TPSA) is 12.0 Å². The van der Waals surface area contributed by atoms with E-state index >= 15 is 0 Å². The van der Waals surface area contributed by atoms with Crippen LogP contribution < -0.4 is 5.32 Å². The van der Waals surface area contributed by atoms with Crippen molar-refractivity contribution < 1.29 is 0 Å². The van der Waals surface area contributed by atoms with Crippen LogP contribution in [0.25, 0.3) is 0 Å². The van der Waals surface area contributed by atoms with Crippen molar-refractivity contribution in [3.8, 4) is 0 Å². The molecule has 0 heterocycles. The average molecular weight is 205 g/mol. The molecule has 15 heavy (non-hydrogen) atoms. The number of aryl methyl sites for hydroxylation is 1. The van der Waals surface area contributed by atoms with Crippen LogP contribution >= 0.6 is 0 Å². The van der Waals surface area contributed by atoms with Gasteiger partial charge in [-0.25, -0.2) is 0 Å². The van der Waals surface area contributed by atoms with Crippen molar-refractivity contribution in [1.29, 1.82) is 0 Å². The van der Waals surface area contributed by atoms with Gasteiger partial charge in [0.2, 0.25) is 0 Å². The molecule has 0 bridgehead atoms. The Morgan fingerprint density at radius 3 is 2.20 bits per heavy atom. The van der Waals surface area contributed by atoms with Gasteiger partial charge < -0.3 is 5.32 Å². The fourth-order valence-corrected chi connectivity index (χ4v) is 1.88. The van der Waals surface area contributed by atoms with Gasteiger partial charge in [0.15, 0.2) is 0 Å². The summed E-state index contributed by atoms with van der Waals surface area (Å²) in [6, 6.07) is 9.38. The Morgan fingerprint density at radius 1 is 1.13 bits per heavy atom. The summed E-state index contributed by atoms with van der Waals surface area (Å²) in [4.78, 5) is 0. The summed E-state index contributed by atoms with van der Waals surface area (Å²) < 4.78 is 0. The fraction of sp³-hybridized carbons (Fsp3) is 0.571. The van der Waals surface area contributed by atoms with Gasteiger partial charge in [0.05, 0.1) is 0 Å². The lowest BCUT2D eigenvalue weighted by Gasteiger charge is -2.24. The molecule has 0 radical (unpaired) electrons. The highest BCUT2D eigenvalue weighted by atomic mass is 14.9. The highest BCUT2D eigenvalue weighted by Crippen LogP contribution is 2.24. The van der Waals surface area contributed by atoms with Gasteiger partial charge in [0, 0.05) is 6.04 Å². The molecule has 0 aliphatic rings. The lowest BCUT2D eigenvalue weighted by molar-refractivity contribution is 0.384. The Hall–Kier alpha value is -0.820. The van der Waals surface area contributed by atoms with Gasteiger partial charge in [-0.2, -0.15) is 0 Å². The predicted octanol–water partition coefficient (Wildman–Crippen LogP) is 3.69. The molecule has 0 spiro atoms. The Bertz CT molecular complexity index is 276. The van der Waals surface area contributed by atoms with E-state index < -0.39 is 0 Å². The predicted molar refractivity (Wildman–Crippen MR) is 67.1 cm³/mol. The van der Waals surface area contributed by atoms with Gasteiger partial charge in [-0.3, -0.25) is 0 Å². The van der Waals surface area contributed by atoms with E-state index in [1.54, 1.807) is 0 Å². The summed E-state index contributed by atoms with van der Waals surface area (Å²) in [6.45, 7) is 9.90. The van der Waals surface area contributed by atoms with Crippen molar-refractivity contribution in [1.82, 2.24) is 5.32 Å². The molecule has 1 heteroatoms. The molecule has 2 atom stereocenters. The molecule has 0 fully saturated rings. The van der Waals surface area contributed by atoms with E-state index in [0.29, 0.717) is 12.0 Å². The third-order valence-corrected chi connectivity index (χ3v) is 3.07. The van der Waals surface area contributed by atoms with E-state index in [9.17, 15) is 0 Å². The molecule has 0 aliphatic heterocycles. The molecule has 0 aliphatic carbocycles. The molecular formula is C14H23N. The zero-order valence-corrected chi connectivity index (χ0v) is 10.4. The van der Waals surface area contributed by atoms with Crippen molar-refractivity contribution in [3.63, 3.8) is 0 Å². The van der Waals surface area contributed by atoms with Gasteiger partial charge in [-0.1, -0.05) is 57.0 Å². The smallest absolute Gasteiger partial charge is 0.0345 e. The maximum Gasteiger partial charge on any atom is 0.0345 e. The highest BCUT2D eigenvalue weighted by Gasteiger charge is 2.16. The van der Waals surface area contributed by atoms with Crippen molar-refractivity contribution in [2.45, 2.75) is 40.2 Å². The number of benzene rings is 1. The van der Waals surface area contributed by atoms with Crippen LogP contribution in [0.5, 0.6) is 0 Å². The minimum atomic E-state index is 0.501. The molecule has 0 amide bonds. The van der Waals surface area contributed by atoms with Crippen molar-refractivity contribution >= 4 is 0 Å². The zero-order chi connectivity index (χ0) is 11.3. The summed E-state index contributed by atoms with van der Waals surface area (Å²) >= 11 is 0. The maximum absolute atomic E-state index is 3.57. The molecule has 1 rings (SSSR count). The Labute approximate surface area is 93.9 Å². The first-order valence-corrected chi connectivity index (χ1v) is 5.99. The average Bonchev–Trinajstić information content (AvgIpc) is 2.26. The van der Waals surface area contributed by atoms with Crippen LogP contribution in [-0.2, 0) is 0 Å². The second kappa shape index (κ2) is 5.92. The number of hydrogen-bond donors (Lipinski definition) is 1. The monoisotopic (exact) mass is 205 g/mol. The molecule has 1 aromatic carbocycles. The third kappa shape index (κ3) is 3.35. The Balaban J connectivity index is 2.83. The third-order valence-electron chi connectivity index (χ3n) is 3.07. The van der Waals surface area contributed by atoms with E-state index in [1.165, 1.54) is 17.5 Å². The Kier molecular flexibility index (Phi) is 4.83. The maximum atomic E-state index is 3.57. The molecule has 2 unspecified atom stereocenters. The number of rotatable bonds is 5. The number of hydrogen-bond acceptors (Lipinski definition) is 1. The highest BCUT2D eigenvalue weighted by molar-refractivity contribution is 5.24. The lowest BCUT2D eigenvalue weighted by atomic mass is 9.92. The van der Waals surface area contributed by atoms with Gasteiger partial charge in [0.25, 0.3) is 0 Å². The molecule has 0 aromatic heterocycles. The minimum absolute atomic E-state index is 0.501. The molecule has 1 aromatic rings. The first-order valence-electron chi connectivity index (χ1n) is 5.99. The molecule has 1 N–H and O–H groups in total. The second-order valence-corrected chi connectivity index (χ2v) is 4.33. The summed E-state index contributed by atoms with van der Waals surface area (Å²) in [5, 5.41) is 3.57. The van der Waals surface area contributed by atoms with Crippen LogP contribution in [0.4, 0.5) is 0 Å². The molecule has 0 saturated carbocycles. The summed E-state index contributed by atoms with van der Waals surface area (Å²) in [7, 11) is 0. The van der Waals surface area contributed by atoms with Gasteiger partial charge >= 0.3 is 0 Å². The quantitative estimate of drug-likeness (QED) is 0.773. The summed E-state index contributed by atoms with van der Waals surface area (Å²) in [5.41, 5.74) is 2.75. The normalized spacial score (nSPS) is 14.9. The fourth-order valence-electron chi connectivity index (χ4n) is 1.88. The van der Waals surface area contributed by atoms with E-state index in [2.05, 4.69) is 57.3 Å². The standard InChI is InChI=1S/C14H23N/c1-5-12(4)14(15-6-2)13-9-7-11(3)8-10-13/h7-10,12,14-15H,5-6H2,1-4H3. The first kappa shape index (κ1) is 12.3. The van der Waals surface area contributed by atoms with Crippen LogP contribution in [-0.4, -0.2) is 6.54 Å². The second-order valence-electron chi connectivity index (χ2n) is 4.33. The Morgan fingerprint density at radius 2 is 1.73 bits per heavy atom. The van der Waals surface area contributed by atoms with Gasteiger partial charge in [-0.05, 0) is 24.9 Å². The first-order chi connectivity index (χ1) is 7.19. The molecule has 0 saturated heterocycles. The molecule has 84 valence electrons. The van der Waals surface area contributed by atoms with Crippen LogP contribution in [0.15, 0.2) is 24.3 Å². The van der Waals surface area contributed by atoms with Gasteiger partial charge in [0.1, 0.15) is 0 Å². The molecule has 1 nitrogen and oxygen atoms in total. The van der Waals surface area contributed by atoms with Crippen LogP contribution in [0.2, 0.25) is 0 Å². The van der Waals surface area contributed by atoms with E-state index in [1.807, 2.05) is 0 Å². The SMILES string of the molecule is CCNC(c1ccc(C)cc1)C(C)CC. The van der Waals surface area contributed by atoms with Crippen LogP contribution in [0.1, 0.15) is 44.4 Å². The van der Waals surface area contributed by atoms with E-state index in [-0.39, 0.29) is 0 Å².